The van der Waals surface area contributed by atoms with Crippen LogP contribution in [0.1, 0.15) is 16.8 Å². The lowest BCUT2D eigenvalue weighted by Crippen LogP contribution is -2.02. The molecule has 3 aromatic carbocycles. The van der Waals surface area contributed by atoms with Gasteiger partial charge in [0.2, 0.25) is 0 Å². The van der Waals surface area contributed by atoms with Gasteiger partial charge in [0.25, 0.3) is 0 Å². The van der Waals surface area contributed by atoms with Crippen molar-refractivity contribution in [1.82, 2.24) is 4.57 Å². The third kappa shape index (κ3) is 4.52. The Hall–Kier alpha value is -2.66. The molecule has 1 heterocycles. The summed E-state index contributed by atoms with van der Waals surface area (Å²) >= 11 is 18.5. The second-order valence-corrected chi connectivity index (χ2v) is 8.32. The number of aromatic nitrogens is 1. The molecule has 1 N–H and O–H groups in total. The van der Waals surface area contributed by atoms with Crippen LogP contribution in [-0.2, 0) is 6.54 Å². The van der Waals surface area contributed by atoms with Gasteiger partial charge in [-0.25, -0.2) is 0 Å². The van der Waals surface area contributed by atoms with E-state index in [0.29, 0.717) is 20.8 Å². The van der Waals surface area contributed by atoms with Crippen molar-refractivity contribution in [2.75, 3.05) is 12.5 Å². The molecule has 4 rings (SSSR count). The van der Waals surface area contributed by atoms with Crippen LogP contribution in [0.25, 0.3) is 10.9 Å². The molecular weight excluding hydrogens is 453 g/mol. The van der Waals surface area contributed by atoms with Gasteiger partial charge in [0.05, 0.1) is 29.1 Å². The second-order valence-electron chi connectivity index (χ2n) is 7.07. The second kappa shape index (κ2) is 9.23. The van der Waals surface area contributed by atoms with Gasteiger partial charge in [-0.05, 0) is 42.8 Å². The number of ether oxygens (including phenoxy) is 1. The summed E-state index contributed by atoms with van der Waals surface area (Å²) in [6.07, 6.45) is 1.78. The highest BCUT2D eigenvalue weighted by Gasteiger charge is 2.14. The van der Waals surface area contributed by atoms with Gasteiger partial charge in [-0.1, -0.05) is 65.1 Å². The predicted octanol–water partition coefficient (Wildman–Crippen LogP) is 7.41. The number of rotatable bonds is 6. The molecule has 4 aromatic rings. The minimum absolute atomic E-state index is 0.402. The third-order valence-electron chi connectivity index (χ3n) is 5.14. The molecule has 0 spiro atoms. The first-order chi connectivity index (χ1) is 15.0. The topological polar surface area (TPSA) is 38.5 Å². The zero-order chi connectivity index (χ0) is 22.0. The van der Waals surface area contributed by atoms with Crippen molar-refractivity contribution in [2.24, 2.45) is 5.10 Å². The van der Waals surface area contributed by atoms with Crippen LogP contribution in [0.15, 0.2) is 65.8 Å². The molecule has 0 radical (unpaired) electrons. The number of anilines is 1. The summed E-state index contributed by atoms with van der Waals surface area (Å²) in [5.74, 6) is 0.788. The first kappa shape index (κ1) is 21.6. The van der Waals surface area contributed by atoms with Gasteiger partial charge in [-0.15, -0.1) is 0 Å². The number of hydrazone groups is 1. The van der Waals surface area contributed by atoms with Gasteiger partial charge in [0, 0.05) is 33.7 Å². The highest BCUT2D eigenvalue weighted by molar-refractivity contribution is 6.41. The van der Waals surface area contributed by atoms with Gasteiger partial charge in [-0.3, -0.25) is 5.43 Å². The molecule has 0 atom stereocenters. The number of hydrogen-bond donors (Lipinski definition) is 1. The fourth-order valence-corrected chi connectivity index (χ4v) is 4.46. The van der Waals surface area contributed by atoms with Crippen molar-refractivity contribution < 1.29 is 4.74 Å². The van der Waals surface area contributed by atoms with Gasteiger partial charge < -0.3 is 9.30 Å². The number of hydrogen-bond acceptors (Lipinski definition) is 3. The van der Waals surface area contributed by atoms with E-state index in [9.17, 15) is 0 Å². The Morgan fingerprint density at radius 1 is 1.00 bits per heavy atom. The Morgan fingerprint density at radius 3 is 2.39 bits per heavy atom. The zero-order valence-electron chi connectivity index (χ0n) is 17.0. The SMILES string of the molecule is COc1ccc2c(c1)c(C=NNc1c(Cl)cc(Cl)cc1Cl)c(C)n2Cc1ccccc1. The largest absolute Gasteiger partial charge is 0.497 e. The minimum Gasteiger partial charge on any atom is -0.497 e. The maximum absolute atomic E-state index is 6.25. The monoisotopic (exact) mass is 471 g/mol. The number of nitrogens with one attached hydrogen (secondary N) is 1. The van der Waals surface area contributed by atoms with E-state index in [-0.39, 0.29) is 0 Å². The van der Waals surface area contributed by atoms with E-state index >= 15 is 0 Å². The van der Waals surface area contributed by atoms with Crippen LogP contribution >= 0.6 is 34.8 Å². The molecule has 0 aliphatic rings. The Bertz CT molecular complexity index is 1240. The zero-order valence-corrected chi connectivity index (χ0v) is 19.3. The first-order valence-electron chi connectivity index (χ1n) is 9.62. The van der Waals surface area contributed by atoms with Crippen LogP contribution in [-0.4, -0.2) is 17.9 Å². The van der Waals surface area contributed by atoms with E-state index in [4.69, 9.17) is 39.5 Å². The highest BCUT2D eigenvalue weighted by Crippen LogP contribution is 2.34. The average molecular weight is 473 g/mol. The van der Waals surface area contributed by atoms with Gasteiger partial charge in [-0.2, -0.15) is 5.10 Å². The van der Waals surface area contributed by atoms with Crippen molar-refractivity contribution in [2.45, 2.75) is 13.5 Å². The quantitative estimate of drug-likeness (QED) is 0.234. The van der Waals surface area contributed by atoms with Crippen LogP contribution in [0.5, 0.6) is 5.75 Å². The fourth-order valence-electron chi connectivity index (χ4n) is 3.56. The maximum Gasteiger partial charge on any atom is 0.119 e. The van der Waals surface area contributed by atoms with Crippen LogP contribution in [0.4, 0.5) is 5.69 Å². The normalized spacial score (nSPS) is 11.4. The van der Waals surface area contributed by atoms with E-state index < -0.39 is 0 Å². The summed E-state index contributed by atoms with van der Waals surface area (Å²) in [5, 5.41) is 6.73. The molecule has 0 amide bonds. The van der Waals surface area contributed by atoms with Crippen molar-refractivity contribution in [1.29, 1.82) is 0 Å². The lowest BCUT2D eigenvalue weighted by molar-refractivity contribution is 0.415. The van der Waals surface area contributed by atoms with Crippen molar-refractivity contribution in [3.8, 4) is 5.75 Å². The molecule has 0 fully saturated rings. The van der Waals surface area contributed by atoms with Gasteiger partial charge in [0.1, 0.15) is 5.75 Å². The fraction of sp³-hybridized carbons (Fsp3) is 0.125. The van der Waals surface area contributed by atoms with Crippen molar-refractivity contribution >= 4 is 57.6 Å². The van der Waals surface area contributed by atoms with Crippen molar-refractivity contribution in [3.05, 3.63) is 92.6 Å². The molecule has 0 saturated heterocycles. The Balaban J connectivity index is 1.74. The van der Waals surface area contributed by atoms with E-state index in [1.165, 1.54) is 5.56 Å². The summed E-state index contributed by atoms with van der Waals surface area (Å²) in [6.45, 7) is 2.84. The number of nitrogens with zero attached hydrogens (tertiary/aromatic N) is 2. The molecule has 158 valence electrons. The number of fused-ring (bicyclic) bond motifs is 1. The molecule has 0 saturated carbocycles. The molecule has 0 unspecified atom stereocenters. The van der Waals surface area contributed by atoms with Gasteiger partial charge >= 0.3 is 0 Å². The van der Waals surface area contributed by atoms with E-state index in [1.807, 2.05) is 30.3 Å². The lowest BCUT2D eigenvalue weighted by atomic mass is 10.1. The molecule has 0 aliphatic heterocycles. The lowest BCUT2D eigenvalue weighted by Gasteiger charge is -2.09. The summed E-state index contributed by atoms with van der Waals surface area (Å²) in [7, 11) is 1.66. The van der Waals surface area contributed by atoms with Crippen molar-refractivity contribution in [3.63, 3.8) is 0 Å². The average Bonchev–Trinajstić information content (AvgIpc) is 3.01. The van der Waals surface area contributed by atoms with Gasteiger partial charge in [0.15, 0.2) is 0 Å². The maximum atomic E-state index is 6.25. The van der Waals surface area contributed by atoms with Crippen LogP contribution in [0.2, 0.25) is 15.1 Å². The number of halogens is 3. The first-order valence-corrected chi connectivity index (χ1v) is 10.8. The Morgan fingerprint density at radius 2 is 1.71 bits per heavy atom. The van der Waals surface area contributed by atoms with E-state index in [0.717, 1.165) is 34.5 Å². The van der Waals surface area contributed by atoms with E-state index in [1.54, 1.807) is 25.5 Å². The molecule has 31 heavy (non-hydrogen) atoms. The summed E-state index contributed by atoms with van der Waals surface area (Å²) in [4.78, 5) is 0. The predicted molar refractivity (Wildman–Crippen MR) is 131 cm³/mol. The summed E-state index contributed by atoms with van der Waals surface area (Å²) < 4.78 is 7.72. The van der Waals surface area contributed by atoms with Crippen LogP contribution < -0.4 is 10.2 Å². The van der Waals surface area contributed by atoms with Crippen LogP contribution in [0, 0.1) is 6.92 Å². The molecule has 7 heteroatoms. The van der Waals surface area contributed by atoms with E-state index in [2.05, 4.69) is 40.2 Å². The molecule has 0 bridgehead atoms. The minimum atomic E-state index is 0.402. The Kier molecular flexibility index (Phi) is 6.42. The molecule has 1 aromatic heterocycles. The summed E-state index contributed by atoms with van der Waals surface area (Å²) in [6, 6.07) is 19.7. The number of benzene rings is 3. The molecule has 0 aliphatic carbocycles. The summed E-state index contributed by atoms with van der Waals surface area (Å²) in [5.41, 5.74) is 7.85. The smallest absolute Gasteiger partial charge is 0.119 e. The number of methoxy groups -OCH3 is 1. The van der Waals surface area contributed by atoms with Crippen LogP contribution in [0.3, 0.4) is 0 Å². The highest BCUT2D eigenvalue weighted by atomic mass is 35.5. The third-order valence-corrected chi connectivity index (χ3v) is 5.95. The standard InChI is InChI=1S/C24H20Cl3N3O/c1-15-20(13-28-29-24-21(26)10-17(25)11-22(24)27)19-12-18(31-2)8-9-23(19)30(15)14-16-6-4-3-5-7-16/h3-13,29H,14H2,1-2H3. The molecular formula is C24H20Cl3N3O. The molecule has 4 nitrogen and oxygen atoms in total. The Labute approximate surface area is 196 Å².